The second-order valence-corrected chi connectivity index (χ2v) is 22.3. The van der Waals surface area contributed by atoms with Crippen molar-refractivity contribution in [2.45, 2.75) is 136 Å². The summed E-state index contributed by atoms with van der Waals surface area (Å²) in [4.78, 5) is 0. The van der Waals surface area contributed by atoms with Gasteiger partial charge in [0.05, 0.1) is 0 Å². The lowest BCUT2D eigenvalue weighted by Crippen LogP contribution is -2.50. The Bertz CT molecular complexity index is 621. The standard InChI is InChI=1S/C27H52OSi2/c1-11-12-20-29(7,8)21-14-15-22(2)23-17-18-24-25(16-13-19-27(23,24)6)28-30(9,10)26(3,4)5/h22-25H,11-13,15-20H2,1-10H3/t22-,23-,24+,25+,27-/m1/s1. The normalized spacial score (nSPS) is 31.1. The van der Waals surface area contributed by atoms with Crippen molar-refractivity contribution in [3.63, 3.8) is 0 Å². The van der Waals surface area contributed by atoms with Crippen LogP contribution in [-0.4, -0.2) is 22.5 Å². The minimum absolute atomic E-state index is 0.302. The zero-order valence-corrected chi connectivity index (χ0v) is 24.1. The van der Waals surface area contributed by atoms with Gasteiger partial charge in [0.1, 0.15) is 8.07 Å². The Morgan fingerprint density at radius 1 is 1.10 bits per heavy atom. The number of hydrogen-bond acceptors (Lipinski definition) is 1. The summed E-state index contributed by atoms with van der Waals surface area (Å²) in [6.07, 6.45) is 11.0. The Hall–Kier alpha value is -0.0462. The van der Waals surface area contributed by atoms with Gasteiger partial charge in [-0.1, -0.05) is 73.9 Å². The molecule has 0 aliphatic heterocycles. The molecular weight excluding hydrogens is 396 g/mol. The van der Waals surface area contributed by atoms with Crippen LogP contribution < -0.4 is 0 Å². The fourth-order valence-electron chi connectivity index (χ4n) is 6.07. The number of hydrogen-bond donors (Lipinski definition) is 0. The summed E-state index contributed by atoms with van der Waals surface area (Å²) in [7, 11) is -3.02. The van der Waals surface area contributed by atoms with Crippen LogP contribution in [-0.2, 0) is 4.43 Å². The van der Waals surface area contributed by atoms with Gasteiger partial charge in [-0.05, 0) is 73.0 Å². The second-order valence-electron chi connectivity index (χ2n) is 13.1. The van der Waals surface area contributed by atoms with Crippen LogP contribution in [0.15, 0.2) is 0 Å². The van der Waals surface area contributed by atoms with E-state index in [4.69, 9.17) is 4.43 Å². The lowest BCUT2D eigenvalue weighted by molar-refractivity contribution is -0.0198. The first-order chi connectivity index (χ1) is 13.7. The first-order valence-electron chi connectivity index (χ1n) is 12.9. The van der Waals surface area contributed by atoms with Crippen LogP contribution in [0.3, 0.4) is 0 Å². The molecule has 0 bridgehead atoms. The van der Waals surface area contributed by atoms with Gasteiger partial charge in [0.25, 0.3) is 0 Å². The molecule has 0 spiro atoms. The third-order valence-corrected chi connectivity index (χ3v) is 16.0. The number of unbranched alkanes of at least 4 members (excludes halogenated alkanes) is 1. The van der Waals surface area contributed by atoms with Gasteiger partial charge in [-0.15, -0.1) is 11.5 Å². The van der Waals surface area contributed by atoms with Crippen molar-refractivity contribution in [2.24, 2.45) is 23.2 Å². The van der Waals surface area contributed by atoms with Crippen LogP contribution in [0, 0.1) is 34.6 Å². The molecule has 0 saturated heterocycles. The van der Waals surface area contributed by atoms with Gasteiger partial charge in [-0.25, -0.2) is 0 Å². The summed E-state index contributed by atoms with van der Waals surface area (Å²) < 4.78 is 7.03. The predicted molar refractivity (Wildman–Crippen MR) is 139 cm³/mol. The number of fused-ring (bicyclic) bond motifs is 1. The molecular formula is C27H52OSi2. The SMILES string of the molecule is CCCC[Si](C)(C)C#CC[C@@H](C)[C@H]1CC[C@H]2[C@@H](O[Si](C)(C)C(C)(C)C)CCC[C@]12C. The molecule has 3 heteroatoms. The van der Waals surface area contributed by atoms with E-state index in [1.165, 1.54) is 51.0 Å². The fraction of sp³-hybridized carbons (Fsp3) is 0.926. The highest BCUT2D eigenvalue weighted by Crippen LogP contribution is 2.59. The van der Waals surface area contributed by atoms with Crippen LogP contribution in [0.1, 0.15) is 92.9 Å². The molecule has 0 N–H and O–H groups in total. The second kappa shape index (κ2) is 9.84. The van der Waals surface area contributed by atoms with Crippen molar-refractivity contribution in [1.82, 2.24) is 0 Å². The van der Waals surface area contributed by atoms with Crippen LogP contribution in [0.5, 0.6) is 0 Å². The van der Waals surface area contributed by atoms with E-state index >= 15 is 0 Å². The highest BCUT2D eigenvalue weighted by Gasteiger charge is 2.54. The third-order valence-electron chi connectivity index (χ3n) is 9.08. The Morgan fingerprint density at radius 3 is 2.37 bits per heavy atom. The lowest BCUT2D eigenvalue weighted by Gasteiger charge is -2.49. The molecule has 2 aliphatic carbocycles. The first kappa shape index (κ1) is 26.2. The molecule has 5 atom stereocenters. The zero-order valence-electron chi connectivity index (χ0n) is 22.1. The van der Waals surface area contributed by atoms with Crippen LogP contribution >= 0.6 is 0 Å². The molecule has 174 valence electrons. The fourth-order valence-corrected chi connectivity index (χ4v) is 9.40. The molecule has 2 rings (SSSR count). The topological polar surface area (TPSA) is 9.23 Å². The van der Waals surface area contributed by atoms with Crippen molar-refractivity contribution in [3.8, 4) is 11.5 Å². The maximum Gasteiger partial charge on any atom is 0.192 e. The molecule has 2 saturated carbocycles. The molecule has 0 aromatic carbocycles. The summed E-state index contributed by atoms with van der Waals surface area (Å²) in [6.45, 7) is 24.3. The zero-order chi connectivity index (χ0) is 22.8. The van der Waals surface area contributed by atoms with Gasteiger partial charge in [-0.3, -0.25) is 0 Å². The molecule has 2 fully saturated rings. The van der Waals surface area contributed by atoms with Crippen molar-refractivity contribution in [3.05, 3.63) is 0 Å². The monoisotopic (exact) mass is 448 g/mol. The Morgan fingerprint density at radius 2 is 1.77 bits per heavy atom. The molecule has 0 heterocycles. The van der Waals surface area contributed by atoms with E-state index in [1.54, 1.807) is 0 Å². The average Bonchev–Trinajstić information content (AvgIpc) is 2.96. The van der Waals surface area contributed by atoms with Crippen molar-refractivity contribution < 1.29 is 4.43 Å². The largest absolute Gasteiger partial charge is 0.414 e. The van der Waals surface area contributed by atoms with Gasteiger partial charge < -0.3 is 4.43 Å². The van der Waals surface area contributed by atoms with E-state index in [1.807, 2.05) is 0 Å². The third kappa shape index (κ3) is 6.05. The van der Waals surface area contributed by atoms with Crippen LogP contribution in [0.2, 0.25) is 37.3 Å². The summed E-state index contributed by atoms with van der Waals surface area (Å²) in [5.74, 6) is 5.98. The summed E-state index contributed by atoms with van der Waals surface area (Å²) >= 11 is 0. The van der Waals surface area contributed by atoms with Gasteiger partial charge in [-0.2, -0.15) is 0 Å². The van der Waals surface area contributed by atoms with Crippen molar-refractivity contribution in [1.29, 1.82) is 0 Å². The minimum atomic E-state index is -1.71. The first-order valence-corrected chi connectivity index (χ1v) is 19.0. The van der Waals surface area contributed by atoms with E-state index in [2.05, 4.69) is 79.2 Å². The van der Waals surface area contributed by atoms with E-state index in [0.717, 1.165) is 24.2 Å². The average molecular weight is 449 g/mol. The van der Waals surface area contributed by atoms with E-state index in [9.17, 15) is 0 Å². The van der Waals surface area contributed by atoms with Gasteiger partial charge >= 0.3 is 0 Å². The summed E-state index contributed by atoms with van der Waals surface area (Å²) in [6, 6.07) is 1.36. The van der Waals surface area contributed by atoms with Crippen molar-refractivity contribution >= 4 is 16.4 Å². The molecule has 0 unspecified atom stereocenters. The minimum Gasteiger partial charge on any atom is -0.414 e. The molecule has 1 nitrogen and oxygen atoms in total. The molecule has 0 amide bonds. The maximum absolute atomic E-state index is 7.03. The smallest absolute Gasteiger partial charge is 0.192 e. The highest BCUT2D eigenvalue weighted by atomic mass is 28.4. The van der Waals surface area contributed by atoms with Gasteiger partial charge in [0, 0.05) is 12.5 Å². The predicted octanol–water partition coefficient (Wildman–Crippen LogP) is 8.67. The summed E-state index contributed by atoms with van der Waals surface area (Å²) in [5, 5.41) is 0.302. The maximum atomic E-state index is 7.03. The molecule has 2 aliphatic rings. The van der Waals surface area contributed by atoms with Gasteiger partial charge in [0.2, 0.25) is 0 Å². The lowest BCUT2D eigenvalue weighted by atomic mass is 9.61. The van der Waals surface area contributed by atoms with Crippen molar-refractivity contribution in [2.75, 3.05) is 0 Å². The van der Waals surface area contributed by atoms with E-state index in [-0.39, 0.29) is 0 Å². The molecule has 0 aromatic rings. The van der Waals surface area contributed by atoms with E-state index in [0.29, 0.717) is 16.6 Å². The Labute approximate surface area is 191 Å². The highest BCUT2D eigenvalue weighted by molar-refractivity contribution is 6.85. The molecule has 0 aromatic heterocycles. The van der Waals surface area contributed by atoms with Crippen LogP contribution in [0.25, 0.3) is 0 Å². The Balaban J connectivity index is 2.06. The Kier molecular flexibility index (Phi) is 8.60. The molecule has 30 heavy (non-hydrogen) atoms. The number of rotatable bonds is 7. The summed E-state index contributed by atoms with van der Waals surface area (Å²) in [5.41, 5.74) is 4.22. The van der Waals surface area contributed by atoms with Gasteiger partial charge in [0.15, 0.2) is 8.32 Å². The quantitative estimate of drug-likeness (QED) is 0.279. The van der Waals surface area contributed by atoms with Crippen LogP contribution in [0.4, 0.5) is 0 Å². The van der Waals surface area contributed by atoms with E-state index < -0.39 is 16.4 Å². The molecule has 0 radical (unpaired) electrons.